The third kappa shape index (κ3) is 5.68. The molecule has 0 saturated carbocycles. The van der Waals surface area contributed by atoms with Gasteiger partial charge in [0.05, 0.1) is 23.1 Å². The van der Waals surface area contributed by atoms with Crippen molar-refractivity contribution in [2.75, 3.05) is 16.8 Å². The van der Waals surface area contributed by atoms with Crippen LogP contribution in [0.4, 0.5) is 24.9 Å². The zero-order valence-corrected chi connectivity index (χ0v) is 22.1. The molecular weight excluding hydrogens is 471 g/mol. The average molecular weight is 500 g/mol. The van der Waals surface area contributed by atoms with Gasteiger partial charge < -0.3 is 15.1 Å². The van der Waals surface area contributed by atoms with E-state index < -0.39 is 11.7 Å². The van der Waals surface area contributed by atoms with Crippen LogP contribution >= 0.6 is 0 Å². The summed E-state index contributed by atoms with van der Waals surface area (Å²) >= 11 is 0. The summed E-state index contributed by atoms with van der Waals surface area (Å²) in [5.41, 5.74) is 1.11. The zero-order chi connectivity index (χ0) is 27.2. The third-order valence-electron chi connectivity index (χ3n) is 6.41. The van der Waals surface area contributed by atoms with E-state index in [1.807, 2.05) is 13.0 Å². The summed E-state index contributed by atoms with van der Waals surface area (Å²) in [4.78, 5) is 18.0. The molecule has 0 spiro atoms. The standard InChI is InChI=1S/C23H28B5F3N6/c1-13(18-7-6-16(11-33-18)15-4-3-5-17(10-15)22(29,30)31)34-20-32-9-8-19(35-20)36-12-21(24,25)37(14(36)2)23(26,27)28/h3-11,13H,2,12,24-28H2,1H3,(H,32,34,35). The van der Waals surface area contributed by atoms with Crippen molar-refractivity contribution in [2.45, 2.75) is 29.7 Å². The molecule has 1 atom stereocenters. The van der Waals surface area contributed by atoms with E-state index >= 15 is 0 Å². The number of nitrogens with one attached hydrogen (secondary N) is 1. The minimum atomic E-state index is -4.39. The number of alkyl halides is 3. The van der Waals surface area contributed by atoms with Crippen molar-refractivity contribution in [1.82, 2.24) is 19.9 Å². The number of pyridine rings is 1. The van der Waals surface area contributed by atoms with Crippen LogP contribution in [0.5, 0.6) is 0 Å². The zero-order valence-electron chi connectivity index (χ0n) is 22.1. The van der Waals surface area contributed by atoms with Crippen LogP contribution in [-0.4, -0.2) is 76.2 Å². The van der Waals surface area contributed by atoms with Gasteiger partial charge in [0.1, 0.15) is 45.0 Å². The topological polar surface area (TPSA) is 57.2 Å². The molecule has 1 aromatic carbocycles. The Bertz CT molecular complexity index is 1300. The predicted molar refractivity (Wildman–Crippen MR) is 155 cm³/mol. The fourth-order valence-corrected chi connectivity index (χ4v) is 5.07. The highest BCUT2D eigenvalue weighted by Crippen LogP contribution is 2.35. The number of anilines is 2. The van der Waals surface area contributed by atoms with Gasteiger partial charge in [0.15, 0.2) is 0 Å². The van der Waals surface area contributed by atoms with Gasteiger partial charge in [-0.05, 0) is 47.3 Å². The van der Waals surface area contributed by atoms with E-state index in [2.05, 4.69) is 70.9 Å². The van der Waals surface area contributed by atoms with Gasteiger partial charge in [-0.2, -0.15) is 18.2 Å². The van der Waals surface area contributed by atoms with Crippen LogP contribution in [0.15, 0.2) is 67.3 Å². The summed E-state index contributed by atoms with van der Waals surface area (Å²) in [7, 11) is 10.9. The second kappa shape index (κ2) is 9.54. The Morgan fingerprint density at radius 3 is 2.38 bits per heavy atom. The fourth-order valence-electron chi connectivity index (χ4n) is 5.07. The number of hydrogen-bond acceptors (Lipinski definition) is 6. The van der Waals surface area contributed by atoms with Crippen molar-refractivity contribution in [2.24, 2.45) is 0 Å². The summed E-state index contributed by atoms with van der Waals surface area (Å²) in [6.45, 7) is 7.02. The number of halogens is 3. The molecule has 2 aromatic heterocycles. The normalized spacial score (nSPS) is 16.6. The minimum Gasteiger partial charge on any atom is -0.385 e. The van der Waals surface area contributed by atoms with Crippen molar-refractivity contribution < 1.29 is 13.2 Å². The van der Waals surface area contributed by atoms with Crippen LogP contribution in [0.25, 0.3) is 11.1 Å². The highest BCUT2D eigenvalue weighted by molar-refractivity contribution is 6.60. The smallest absolute Gasteiger partial charge is 0.385 e. The Hall–Kier alpha value is -3.30. The monoisotopic (exact) mass is 500 g/mol. The lowest BCUT2D eigenvalue weighted by molar-refractivity contribution is -0.137. The van der Waals surface area contributed by atoms with Crippen LogP contribution in [0.2, 0.25) is 0 Å². The van der Waals surface area contributed by atoms with Crippen molar-refractivity contribution in [3.05, 3.63) is 78.5 Å². The molecule has 1 aliphatic heterocycles. The van der Waals surface area contributed by atoms with Crippen molar-refractivity contribution in [1.29, 1.82) is 0 Å². The van der Waals surface area contributed by atoms with E-state index in [1.165, 1.54) is 6.07 Å². The quantitative estimate of drug-likeness (QED) is 0.473. The molecule has 0 amide bonds. The molecule has 3 aromatic rings. The van der Waals surface area contributed by atoms with Gasteiger partial charge in [-0.1, -0.05) is 24.8 Å². The molecule has 0 aliphatic carbocycles. The molecule has 1 saturated heterocycles. The number of rotatable bonds is 6. The minimum absolute atomic E-state index is 0.0934. The lowest BCUT2D eigenvalue weighted by Gasteiger charge is -2.44. The van der Waals surface area contributed by atoms with Gasteiger partial charge in [0.25, 0.3) is 0 Å². The van der Waals surface area contributed by atoms with Gasteiger partial charge in [-0.3, -0.25) is 4.98 Å². The molecule has 3 heterocycles. The van der Waals surface area contributed by atoms with Crippen molar-refractivity contribution in [3.63, 3.8) is 0 Å². The summed E-state index contributed by atoms with van der Waals surface area (Å²) in [5, 5.41) is 3.07. The van der Waals surface area contributed by atoms with Crippen LogP contribution in [0.3, 0.4) is 0 Å². The van der Waals surface area contributed by atoms with Gasteiger partial charge in [0, 0.05) is 24.5 Å². The Morgan fingerprint density at radius 1 is 1.05 bits per heavy atom. The molecule has 1 N–H and O–H groups in total. The van der Waals surface area contributed by atoms with Crippen molar-refractivity contribution in [3.8, 4) is 11.1 Å². The van der Waals surface area contributed by atoms with Gasteiger partial charge in [0.2, 0.25) is 5.95 Å². The summed E-state index contributed by atoms with van der Waals surface area (Å²) in [6.07, 6.45) is -1.10. The molecule has 6 nitrogen and oxygen atoms in total. The summed E-state index contributed by atoms with van der Waals surface area (Å²) in [5.74, 6) is 2.10. The van der Waals surface area contributed by atoms with Crippen LogP contribution in [-0.2, 0) is 6.18 Å². The molecule has 14 heteroatoms. The fraction of sp³-hybridized carbons (Fsp3) is 0.261. The Morgan fingerprint density at radius 2 is 1.78 bits per heavy atom. The molecule has 1 aliphatic rings. The van der Waals surface area contributed by atoms with E-state index in [-0.39, 0.29) is 16.6 Å². The lowest BCUT2D eigenvalue weighted by atomic mass is 9.45. The molecule has 186 valence electrons. The number of hydrogen-bond donors (Lipinski definition) is 1. The van der Waals surface area contributed by atoms with Crippen LogP contribution in [0.1, 0.15) is 24.2 Å². The van der Waals surface area contributed by atoms with Crippen LogP contribution in [0, 0.1) is 0 Å². The highest BCUT2D eigenvalue weighted by atomic mass is 19.4. The molecule has 4 rings (SSSR count). The first-order valence-electron chi connectivity index (χ1n) is 12.2. The van der Waals surface area contributed by atoms with E-state index in [0.717, 1.165) is 36.0 Å². The third-order valence-corrected chi connectivity index (χ3v) is 6.41. The number of aromatic nitrogens is 3. The number of nitrogens with zero attached hydrogens (tertiary/aromatic N) is 5. The molecule has 0 radical (unpaired) electrons. The Kier molecular flexibility index (Phi) is 6.90. The molecule has 0 bridgehead atoms. The number of benzene rings is 1. The molecule has 1 fully saturated rings. The maximum atomic E-state index is 13.1. The average Bonchev–Trinajstić information content (AvgIpc) is 3.07. The largest absolute Gasteiger partial charge is 0.416 e. The lowest BCUT2D eigenvalue weighted by Crippen LogP contribution is -2.60. The Balaban J connectivity index is 1.50. The van der Waals surface area contributed by atoms with Crippen LogP contribution < -0.4 is 10.2 Å². The van der Waals surface area contributed by atoms with E-state index in [9.17, 15) is 13.2 Å². The van der Waals surface area contributed by atoms with Gasteiger partial charge >= 0.3 is 6.18 Å². The SMILES string of the molecule is BC(B)(B)N1C(=C)N(c2ccnc(NC(C)c3ccc(-c4cccc(C(F)(F)F)c4)cn3)n2)CC1(B)B. The molecule has 1 unspecified atom stereocenters. The van der Waals surface area contributed by atoms with Gasteiger partial charge in [-0.15, -0.1) is 0 Å². The van der Waals surface area contributed by atoms with E-state index in [4.69, 9.17) is 4.98 Å². The predicted octanol–water partition coefficient (Wildman–Crippen LogP) is -0.246. The Labute approximate surface area is 220 Å². The van der Waals surface area contributed by atoms with Crippen molar-refractivity contribution >= 4 is 51.0 Å². The van der Waals surface area contributed by atoms with Gasteiger partial charge in [-0.25, -0.2) is 4.98 Å². The molecular formula is C23H28B5F3N6. The first-order valence-corrected chi connectivity index (χ1v) is 12.2. The maximum absolute atomic E-state index is 13.1. The maximum Gasteiger partial charge on any atom is 0.416 e. The first-order chi connectivity index (χ1) is 17.2. The van der Waals surface area contributed by atoms with E-state index in [0.29, 0.717) is 17.1 Å². The molecule has 37 heavy (non-hydrogen) atoms. The second-order valence-corrected chi connectivity index (χ2v) is 11.0. The van der Waals surface area contributed by atoms with E-state index in [1.54, 1.807) is 30.6 Å². The summed E-state index contributed by atoms with van der Waals surface area (Å²) in [6, 6.07) is 10.4. The second-order valence-electron chi connectivity index (χ2n) is 11.0. The first kappa shape index (κ1) is 26.8. The summed E-state index contributed by atoms with van der Waals surface area (Å²) < 4.78 is 39.2. The highest BCUT2D eigenvalue weighted by Gasteiger charge is 2.44.